The minimum atomic E-state index is -0.583. The Morgan fingerprint density at radius 2 is 0.862 bits per heavy atom. The lowest BCUT2D eigenvalue weighted by Crippen LogP contribution is -2.30. The van der Waals surface area contributed by atoms with Crippen LogP contribution in [0.2, 0.25) is 0 Å². The quantitative estimate of drug-likeness (QED) is 0.0349. The molecule has 0 aromatic heterocycles. The molecule has 0 radical (unpaired) electrons. The second-order valence-corrected chi connectivity index (χ2v) is 15.7. The molecule has 58 heavy (non-hydrogen) atoms. The van der Waals surface area contributed by atoms with Gasteiger partial charge in [0.1, 0.15) is 6.61 Å². The first-order chi connectivity index (χ1) is 28.6. The van der Waals surface area contributed by atoms with E-state index >= 15 is 0 Å². The van der Waals surface area contributed by atoms with Crippen molar-refractivity contribution in [1.82, 2.24) is 0 Å². The highest BCUT2D eigenvalue weighted by molar-refractivity contribution is 5.71. The molecule has 332 valence electrons. The summed E-state index contributed by atoms with van der Waals surface area (Å²) in [7, 11) is 0. The lowest BCUT2D eigenvalue weighted by molar-refractivity contribution is -0.162. The largest absolute Gasteiger partial charge is 0.461 e. The highest BCUT2D eigenvalue weighted by Gasteiger charge is 2.17. The summed E-state index contributed by atoms with van der Waals surface area (Å²) in [6, 6.07) is 0. The van der Waals surface area contributed by atoms with Crippen LogP contribution in [0.15, 0.2) is 85.1 Å². The molecule has 0 saturated carbocycles. The number of hydrogen-bond donors (Lipinski definition) is 0. The van der Waals surface area contributed by atoms with Gasteiger partial charge in [0.25, 0.3) is 0 Å². The van der Waals surface area contributed by atoms with Crippen LogP contribution in [0.4, 0.5) is 0 Å². The van der Waals surface area contributed by atoms with E-state index in [4.69, 9.17) is 14.2 Å². The van der Waals surface area contributed by atoms with Crippen molar-refractivity contribution in [3.05, 3.63) is 85.1 Å². The molecule has 1 unspecified atom stereocenters. The summed E-state index contributed by atoms with van der Waals surface area (Å²) in [6.07, 6.45) is 63.2. The van der Waals surface area contributed by atoms with Gasteiger partial charge in [-0.3, -0.25) is 9.59 Å². The molecule has 0 N–H and O–H groups in total. The molecule has 1 atom stereocenters. The predicted octanol–water partition coefficient (Wildman–Crippen LogP) is 16.1. The molecule has 5 heteroatoms. The van der Waals surface area contributed by atoms with Gasteiger partial charge < -0.3 is 14.2 Å². The van der Waals surface area contributed by atoms with Gasteiger partial charge in [0, 0.05) is 13.0 Å². The molecular formula is C53H90O5. The fourth-order valence-electron chi connectivity index (χ4n) is 6.38. The fraction of sp³-hybridized carbons (Fsp3) is 0.698. The number of ether oxygens (including phenoxy) is 3. The molecule has 0 aromatic carbocycles. The van der Waals surface area contributed by atoms with Gasteiger partial charge in [-0.15, -0.1) is 0 Å². The van der Waals surface area contributed by atoms with Gasteiger partial charge in [0.2, 0.25) is 0 Å². The number of carbonyl (C=O) groups is 2. The highest BCUT2D eigenvalue weighted by atomic mass is 16.6. The second-order valence-electron chi connectivity index (χ2n) is 15.7. The number of unbranched alkanes of at least 4 members (excludes halogenated alkanes) is 19. The van der Waals surface area contributed by atoms with E-state index in [1.54, 1.807) is 0 Å². The number of carbonyl (C=O) groups excluding carboxylic acids is 2. The van der Waals surface area contributed by atoms with Crippen molar-refractivity contribution in [1.29, 1.82) is 0 Å². The van der Waals surface area contributed by atoms with Crippen LogP contribution in [-0.2, 0) is 23.8 Å². The molecule has 0 aromatic rings. The van der Waals surface area contributed by atoms with Gasteiger partial charge in [-0.2, -0.15) is 0 Å². The zero-order valence-corrected chi connectivity index (χ0v) is 38.0. The summed E-state index contributed by atoms with van der Waals surface area (Å²) in [5, 5.41) is 0. The van der Waals surface area contributed by atoms with E-state index in [0.717, 1.165) is 83.5 Å². The SMILES string of the molecule is CC/C=C\C/C=C\C/C=C\C/C=C\C/C=C\CC(=O)OCC(COCCCCCCCCCCCCCCCC)OC(=O)CCCCCCC/C=C\C/C=C\CCC. The average molecular weight is 807 g/mol. The van der Waals surface area contributed by atoms with Crippen LogP contribution < -0.4 is 0 Å². The van der Waals surface area contributed by atoms with Gasteiger partial charge in [0.15, 0.2) is 6.10 Å². The van der Waals surface area contributed by atoms with E-state index in [1.165, 1.54) is 96.3 Å². The third kappa shape index (κ3) is 45.8. The maximum absolute atomic E-state index is 12.7. The molecule has 0 heterocycles. The minimum Gasteiger partial charge on any atom is -0.461 e. The lowest BCUT2D eigenvalue weighted by Gasteiger charge is -2.18. The van der Waals surface area contributed by atoms with Crippen LogP contribution in [0.25, 0.3) is 0 Å². The van der Waals surface area contributed by atoms with Crippen LogP contribution in [0.5, 0.6) is 0 Å². The summed E-state index contributed by atoms with van der Waals surface area (Å²) in [6.45, 7) is 7.53. The summed E-state index contributed by atoms with van der Waals surface area (Å²) in [5.74, 6) is -0.560. The Kier molecular flexibility index (Phi) is 46.0. The molecule has 0 saturated heterocycles. The summed E-state index contributed by atoms with van der Waals surface area (Å²) in [4.78, 5) is 25.2. The lowest BCUT2D eigenvalue weighted by atomic mass is 10.0. The van der Waals surface area contributed by atoms with E-state index in [0.29, 0.717) is 13.0 Å². The van der Waals surface area contributed by atoms with Crippen molar-refractivity contribution in [2.75, 3.05) is 19.8 Å². The first-order valence-corrected chi connectivity index (χ1v) is 24.1. The molecule has 0 aliphatic carbocycles. The first-order valence-electron chi connectivity index (χ1n) is 24.1. The highest BCUT2D eigenvalue weighted by Crippen LogP contribution is 2.14. The van der Waals surface area contributed by atoms with Gasteiger partial charge in [-0.05, 0) is 70.6 Å². The van der Waals surface area contributed by atoms with E-state index in [1.807, 2.05) is 12.2 Å². The van der Waals surface area contributed by atoms with Gasteiger partial charge >= 0.3 is 11.9 Å². The van der Waals surface area contributed by atoms with Crippen molar-refractivity contribution in [3.63, 3.8) is 0 Å². The zero-order valence-electron chi connectivity index (χ0n) is 38.0. The third-order valence-corrected chi connectivity index (χ3v) is 9.93. The smallest absolute Gasteiger partial charge is 0.309 e. The normalized spacial score (nSPS) is 12.9. The third-order valence-electron chi connectivity index (χ3n) is 9.93. The number of esters is 2. The Labute approximate surface area is 359 Å². The predicted molar refractivity (Wildman–Crippen MR) is 251 cm³/mol. The Bertz CT molecular complexity index is 1090. The van der Waals surface area contributed by atoms with Gasteiger partial charge in [-0.1, -0.05) is 215 Å². The van der Waals surface area contributed by atoms with Gasteiger partial charge in [-0.25, -0.2) is 0 Å². The number of rotatable bonds is 43. The number of hydrogen-bond acceptors (Lipinski definition) is 5. The Hall–Kier alpha value is -2.92. The fourth-order valence-corrected chi connectivity index (χ4v) is 6.38. The molecule has 0 fully saturated rings. The van der Waals surface area contributed by atoms with Crippen molar-refractivity contribution in [2.24, 2.45) is 0 Å². The van der Waals surface area contributed by atoms with Crippen molar-refractivity contribution < 1.29 is 23.8 Å². The van der Waals surface area contributed by atoms with Gasteiger partial charge in [0.05, 0.1) is 13.0 Å². The maximum Gasteiger partial charge on any atom is 0.309 e. The van der Waals surface area contributed by atoms with Crippen molar-refractivity contribution in [3.8, 4) is 0 Å². The standard InChI is InChI=1S/C53H90O5/c1-4-7-10-13-16-19-22-25-27-29-31-34-37-40-43-46-52(54)57-50-51(49-56-48-45-42-39-36-33-30-26-23-20-17-14-11-8-5-2)58-53(55)47-44-41-38-35-32-28-24-21-18-15-12-9-6-3/h7,10,12,15-16,19,21,24-25,27,31,34,40,43,51H,4-6,8-9,11,13-14,17-18,20,22-23,26,28-30,32-33,35-39,41-42,44-50H2,1-3H3/b10-7-,15-12-,19-16-,24-21-,27-25-,34-31-,43-40-. The molecule has 0 aliphatic rings. The van der Waals surface area contributed by atoms with E-state index in [-0.39, 0.29) is 31.6 Å². The summed E-state index contributed by atoms with van der Waals surface area (Å²) < 4.78 is 17.2. The van der Waals surface area contributed by atoms with Crippen LogP contribution in [0.3, 0.4) is 0 Å². The van der Waals surface area contributed by atoms with E-state index in [2.05, 4.69) is 93.7 Å². The molecule has 0 bridgehead atoms. The second kappa shape index (κ2) is 48.4. The zero-order chi connectivity index (χ0) is 42.1. The van der Waals surface area contributed by atoms with Crippen molar-refractivity contribution in [2.45, 2.75) is 219 Å². The molecule has 0 aliphatic heterocycles. The van der Waals surface area contributed by atoms with Crippen LogP contribution in [0.1, 0.15) is 213 Å². The van der Waals surface area contributed by atoms with E-state index in [9.17, 15) is 9.59 Å². The molecule has 0 spiro atoms. The van der Waals surface area contributed by atoms with Crippen LogP contribution >= 0.6 is 0 Å². The molecule has 5 nitrogen and oxygen atoms in total. The minimum absolute atomic E-state index is 0.0237. The topological polar surface area (TPSA) is 61.8 Å². The molecule has 0 amide bonds. The summed E-state index contributed by atoms with van der Waals surface area (Å²) in [5.41, 5.74) is 0. The first kappa shape index (κ1) is 55.1. The molecular weight excluding hydrogens is 717 g/mol. The molecule has 0 rings (SSSR count). The summed E-state index contributed by atoms with van der Waals surface area (Å²) >= 11 is 0. The monoisotopic (exact) mass is 807 g/mol. The average Bonchev–Trinajstić information content (AvgIpc) is 3.22. The number of allylic oxidation sites excluding steroid dienone is 13. The van der Waals surface area contributed by atoms with E-state index < -0.39 is 6.10 Å². The Morgan fingerprint density at radius 3 is 1.40 bits per heavy atom. The Morgan fingerprint density at radius 1 is 0.414 bits per heavy atom. The van der Waals surface area contributed by atoms with Crippen molar-refractivity contribution >= 4 is 11.9 Å². The Balaban J connectivity index is 4.41. The van der Waals surface area contributed by atoms with Crippen LogP contribution in [-0.4, -0.2) is 37.9 Å². The van der Waals surface area contributed by atoms with Crippen LogP contribution in [0, 0.1) is 0 Å². The maximum atomic E-state index is 12.7.